The number of benzene rings is 1. The number of amides is 1. The van der Waals surface area contributed by atoms with Crippen molar-refractivity contribution in [3.63, 3.8) is 0 Å². The number of nitrogens with zero attached hydrogens (tertiary/aromatic N) is 1. The molecule has 1 aromatic rings. The summed E-state index contributed by atoms with van der Waals surface area (Å²) in [6.07, 6.45) is -0.771. The normalized spacial score (nSPS) is 13.8. The molecule has 2 atom stereocenters. The highest BCUT2D eigenvalue weighted by molar-refractivity contribution is 6.29. The molecular weight excluding hydrogens is 294 g/mol. The molecule has 0 radical (unpaired) electrons. The van der Waals surface area contributed by atoms with Crippen molar-refractivity contribution < 1.29 is 19.7 Å². The van der Waals surface area contributed by atoms with Crippen LogP contribution >= 0.6 is 11.6 Å². The van der Waals surface area contributed by atoms with Gasteiger partial charge in [0.2, 0.25) is 5.91 Å². The number of alkyl halides is 1. The van der Waals surface area contributed by atoms with Crippen LogP contribution < -0.4 is 4.90 Å². The number of rotatable bonds is 7. The quantitative estimate of drug-likeness (QED) is 0.753. The van der Waals surface area contributed by atoms with Crippen LogP contribution in [0.3, 0.4) is 0 Å². The molecule has 0 aliphatic rings. The van der Waals surface area contributed by atoms with E-state index < -0.39 is 6.10 Å². The summed E-state index contributed by atoms with van der Waals surface area (Å²) in [7, 11) is 1.55. The van der Waals surface area contributed by atoms with Crippen molar-refractivity contribution in [1.29, 1.82) is 0 Å². The number of aliphatic hydroxyl groups is 2. The number of halogens is 1. The molecule has 2 N–H and O–H groups in total. The maximum absolute atomic E-state index is 12.2. The van der Waals surface area contributed by atoms with Crippen LogP contribution in [0.15, 0.2) is 18.2 Å². The molecular formula is C15H22ClNO4. The fourth-order valence-corrected chi connectivity index (χ4v) is 2.47. The first-order valence-corrected chi connectivity index (χ1v) is 7.29. The predicted molar refractivity (Wildman–Crippen MR) is 82.5 cm³/mol. The molecule has 0 aromatic heterocycles. The smallest absolute Gasteiger partial charge is 0.242 e. The number of carbonyl (C=O) groups excluding carboxylic acids is 1. The van der Waals surface area contributed by atoms with E-state index in [1.165, 1.54) is 4.90 Å². The topological polar surface area (TPSA) is 70.0 Å². The molecule has 1 aromatic carbocycles. The van der Waals surface area contributed by atoms with Crippen LogP contribution in [0.4, 0.5) is 5.69 Å². The molecule has 0 aliphatic heterocycles. The van der Waals surface area contributed by atoms with Gasteiger partial charge < -0.3 is 19.8 Å². The molecule has 1 rings (SSSR count). The van der Waals surface area contributed by atoms with Crippen LogP contribution in [0.1, 0.15) is 31.1 Å². The highest BCUT2D eigenvalue weighted by Crippen LogP contribution is 2.32. The number of ether oxygens (including phenoxy) is 1. The van der Waals surface area contributed by atoms with Crippen molar-refractivity contribution >= 4 is 23.2 Å². The molecule has 118 valence electrons. The van der Waals surface area contributed by atoms with Crippen LogP contribution in [0.5, 0.6) is 0 Å². The Morgan fingerprint density at radius 1 is 1.43 bits per heavy atom. The summed E-state index contributed by atoms with van der Waals surface area (Å²) < 4.78 is 5.11. The molecule has 5 nitrogen and oxygen atoms in total. The third kappa shape index (κ3) is 4.17. The molecule has 0 bridgehead atoms. The van der Waals surface area contributed by atoms with E-state index in [2.05, 4.69) is 0 Å². The first-order valence-electron chi connectivity index (χ1n) is 6.75. The first kappa shape index (κ1) is 17.9. The third-order valence-electron chi connectivity index (χ3n) is 3.24. The molecule has 21 heavy (non-hydrogen) atoms. The summed E-state index contributed by atoms with van der Waals surface area (Å²) in [6.45, 7) is 3.53. The number of anilines is 1. The number of hydrogen-bond acceptors (Lipinski definition) is 4. The van der Waals surface area contributed by atoms with Crippen LogP contribution in [0.25, 0.3) is 0 Å². The molecule has 0 saturated heterocycles. The van der Waals surface area contributed by atoms with Crippen molar-refractivity contribution in [2.75, 3.05) is 24.5 Å². The van der Waals surface area contributed by atoms with E-state index in [4.69, 9.17) is 16.3 Å². The van der Waals surface area contributed by atoms with Gasteiger partial charge in [0, 0.05) is 18.2 Å². The highest BCUT2D eigenvalue weighted by Gasteiger charge is 2.27. The second-order valence-corrected chi connectivity index (χ2v) is 5.16. The number of methoxy groups -OCH3 is 1. The van der Waals surface area contributed by atoms with Gasteiger partial charge in [-0.15, -0.1) is 11.6 Å². The third-order valence-corrected chi connectivity index (χ3v) is 3.47. The summed E-state index contributed by atoms with van der Waals surface area (Å²) in [5.41, 5.74) is 1.64. The van der Waals surface area contributed by atoms with E-state index in [9.17, 15) is 15.0 Å². The minimum atomic E-state index is -0.771. The van der Waals surface area contributed by atoms with Crippen LogP contribution in [0.2, 0.25) is 0 Å². The Bertz CT molecular complexity index is 479. The Morgan fingerprint density at radius 2 is 2.10 bits per heavy atom. The van der Waals surface area contributed by atoms with E-state index in [0.29, 0.717) is 23.4 Å². The SMILES string of the molecule is COC[C@@H](C)N(C(=O)CCl)c1c(CO)cccc1[C@@H](C)O. The zero-order valence-corrected chi connectivity index (χ0v) is 13.3. The molecule has 1 amide bonds. The van der Waals surface area contributed by atoms with Crippen molar-refractivity contribution in [3.8, 4) is 0 Å². The molecule has 0 unspecified atom stereocenters. The van der Waals surface area contributed by atoms with E-state index in [-0.39, 0.29) is 24.4 Å². The van der Waals surface area contributed by atoms with Gasteiger partial charge in [-0.05, 0) is 13.8 Å². The monoisotopic (exact) mass is 315 g/mol. The molecule has 0 spiro atoms. The lowest BCUT2D eigenvalue weighted by Crippen LogP contribution is -2.43. The summed E-state index contributed by atoms with van der Waals surface area (Å²) in [5.74, 6) is -0.489. The lowest BCUT2D eigenvalue weighted by Gasteiger charge is -2.32. The Kier molecular flexibility index (Phi) is 7.11. The maximum atomic E-state index is 12.2. The van der Waals surface area contributed by atoms with E-state index >= 15 is 0 Å². The fraction of sp³-hybridized carbons (Fsp3) is 0.533. The number of hydrogen-bond donors (Lipinski definition) is 2. The van der Waals surface area contributed by atoms with E-state index in [0.717, 1.165) is 0 Å². The van der Waals surface area contributed by atoms with Gasteiger partial charge in [0.25, 0.3) is 0 Å². The van der Waals surface area contributed by atoms with Crippen molar-refractivity contribution in [3.05, 3.63) is 29.3 Å². The molecule has 0 fully saturated rings. The maximum Gasteiger partial charge on any atom is 0.242 e. The minimum Gasteiger partial charge on any atom is -0.392 e. The van der Waals surface area contributed by atoms with Crippen molar-refractivity contribution in [1.82, 2.24) is 0 Å². The number of aliphatic hydroxyl groups excluding tert-OH is 2. The zero-order valence-electron chi connectivity index (χ0n) is 12.5. The second kappa shape index (κ2) is 8.34. The van der Waals surface area contributed by atoms with Gasteiger partial charge in [-0.2, -0.15) is 0 Å². The van der Waals surface area contributed by atoms with Crippen molar-refractivity contribution in [2.24, 2.45) is 0 Å². The Balaban J connectivity index is 3.44. The largest absolute Gasteiger partial charge is 0.392 e. The summed E-state index contributed by atoms with van der Waals surface area (Å²) >= 11 is 5.71. The molecule has 6 heteroatoms. The Hall–Kier alpha value is -1.14. The summed E-state index contributed by atoms with van der Waals surface area (Å²) in [6, 6.07) is 4.91. The summed E-state index contributed by atoms with van der Waals surface area (Å²) in [4.78, 5) is 13.7. The lowest BCUT2D eigenvalue weighted by atomic mass is 10.0. The Morgan fingerprint density at radius 3 is 2.57 bits per heavy atom. The first-order chi connectivity index (χ1) is 9.97. The van der Waals surface area contributed by atoms with E-state index in [1.807, 2.05) is 6.92 Å². The molecule has 0 heterocycles. The van der Waals surface area contributed by atoms with Gasteiger partial charge in [0.05, 0.1) is 31.0 Å². The number of para-hydroxylation sites is 1. The van der Waals surface area contributed by atoms with E-state index in [1.54, 1.807) is 32.2 Å². The van der Waals surface area contributed by atoms with Gasteiger partial charge >= 0.3 is 0 Å². The standard InChI is InChI=1S/C15H22ClNO4/c1-10(9-21-3)17(14(20)7-16)15-12(8-18)5-4-6-13(15)11(2)19/h4-6,10-11,18-19H,7-9H2,1-3H3/t10-,11-/m1/s1. The average Bonchev–Trinajstić information content (AvgIpc) is 2.47. The zero-order chi connectivity index (χ0) is 16.0. The fourth-order valence-electron chi connectivity index (χ4n) is 2.34. The van der Waals surface area contributed by atoms with Gasteiger partial charge in [-0.25, -0.2) is 0 Å². The van der Waals surface area contributed by atoms with Gasteiger partial charge in [-0.3, -0.25) is 4.79 Å². The highest BCUT2D eigenvalue weighted by atomic mass is 35.5. The van der Waals surface area contributed by atoms with Gasteiger partial charge in [0.1, 0.15) is 5.88 Å². The van der Waals surface area contributed by atoms with Gasteiger partial charge in [0.15, 0.2) is 0 Å². The Labute approximate surface area is 130 Å². The lowest BCUT2D eigenvalue weighted by molar-refractivity contribution is -0.116. The molecule has 0 aliphatic carbocycles. The minimum absolute atomic E-state index is 0.187. The number of carbonyl (C=O) groups is 1. The van der Waals surface area contributed by atoms with Crippen LogP contribution in [0, 0.1) is 0 Å². The average molecular weight is 316 g/mol. The second-order valence-electron chi connectivity index (χ2n) is 4.89. The summed E-state index contributed by atoms with van der Waals surface area (Å²) in [5, 5.41) is 19.5. The van der Waals surface area contributed by atoms with Crippen molar-refractivity contribution in [2.45, 2.75) is 32.6 Å². The van der Waals surface area contributed by atoms with Crippen LogP contribution in [-0.2, 0) is 16.1 Å². The van der Waals surface area contributed by atoms with Crippen LogP contribution in [-0.4, -0.2) is 41.8 Å². The van der Waals surface area contributed by atoms with Gasteiger partial charge in [-0.1, -0.05) is 18.2 Å². The molecule has 0 saturated carbocycles. The predicted octanol–water partition coefficient (Wildman–Crippen LogP) is 1.84.